The number of nitrogens with one attached hydrogen (secondary N) is 1. The molecule has 2 atom stereocenters. The average Bonchev–Trinajstić information content (AvgIpc) is 2.26. The van der Waals surface area contributed by atoms with Gasteiger partial charge in [-0.3, -0.25) is 0 Å². The summed E-state index contributed by atoms with van der Waals surface area (Å²) in [7, 11) is 2.32. The molecule has 0 aromatic rings. The molecule has 2 heterocycles. The molecule has 1 N–H and O–H groups in total. The van der Waals surface area contributed by atoms with Crippen LogP contribution in [-0.2, 0) is 0 Å². The Kier molecular flexibility index (Phi) is 4.04. The lowest BCUT2D eigenvalue weighted by molar-refractivity contribution is 0.0493. The maximum Gasteiger partial charge on any atom is 0.0164 e. The van der Waals surface area contributed by atoms with E-state index < -0.39 is 0 Å². The molecule has 0 aromatic carbocycles. The summed E-state index contributed by atoms with van der Waals surface area (Å²) in [4.78, 5) is 2.62. The van der Waals surface area contributed by atoms with Crippen LogP contribution in [0.2, 0.25) is 0 Å². The molecule has 16 heavy (non-hydrogen) atoms. The molecule has 0 aromatic heterocycles. The molecule has 2 rings (SSSR count). The van der Waals surface area contributed by atoms with Crippen LogP contribution in [0.15, 0.2) is 12.2 Å². The molecule has 0 radical (unpaired) electrons. The van der Waals surface area contributed by atoms with E-state index in [1.807, 2.05) is 0 Å². The number of piperidine rings is 2. The van der Waals surface area contributed by atoms with Gasteiger partial charge in [-0.15, -0.1) is 0 Å². The van der Waals surface area contributed by atoms with Gasteiger partial charge in [0.2, 0.25) is 0 Å². The Bertz CT molecular complexity index is 235. The van der Waals surface area contributed by atoms with Crippen LogP contribution in [0, 0.1) is 0 Å². The summed E-state index contributed by atoms with van der Waals surface area (Å²) in [6.45, 7) is 7.28. The van der Waals surface area contributed by atoms with Gasteiger partial charge in [0, 0.05) is 24.7 Å². The molecule has 2 bridgehead atoms. The minimum absolute atomic E-state index is 0.731. The summed E-state index contributed by atoms with van der Waals surface area (Å²) in [6, 6.07) is 2.40. The highest BCUT2D eigenvalue weighted by molar-refractivity contribution is 4.99. The van der Waals surface area contributed by atoms with Gasteiger partial charge in [-0.2, -0.15) is 0 Å². The second-order valence-corrected chi connectivity index (χ2v) is 5.56. The van der Waals surface area contributed by atoms with Gasteiger partial charge in [0.15, 0.2) is 0 Å². The largest absolute Gasteiger partial charge is 0.310 e. The number of rotatable bonds is 4. The lowest BCUT2D eigenvalue weighted by atomic mass is 9.82. The van der Waals surface area contributed by atoms with Crippen molar-refractivity contribution in [1.82, 2.24) is 10.2 Å². The Hall–Kier alpha value is -0.340. The summed E-state index contributed by atoms with van der Waals surface area (Å²) in [5.41, 5.74) is 1.34. The Morgan fingerprint density at radius 2 is 1.94 bits per heavy atom. The SMILES string of the molecule is C=C(CC)CNC1CC2CCCC(C1)N2C. The fourth-order valence-corrected chi connectivity index (χ4v) is 3.20. The van der Waals surface area contributed by atoms with Crippen LogP contribution in [0.1, 0.15) is 45.4 Å². The van der Waals surface area contributed by atoms with Crippen molar-refractivity contribution >= 4 is 0 Å². The van der Waals surface area contributed by atoms with Gasteiger partial charge in [-0.1, -0.05) is 25.5 Å². The van der Waals surface area contributed by atoms with Crippen LogP contribution in [-0.4, -0.2) is 36.6 Å². The number of hydrogen-bond acceptors (Lipinski definition) is 2. The van der Waals surface area contributed by atoms with Crippen molar-refractivity contribution in [3.8, 4) is 0 Å². The molecule has 2 fully saturated rings. The maximum atomic E-state index is 4.07. The zero-order valence-corrected chi connectivity index (χ0v) is 10.8. The molecule has 2 nitrogen and oxygen atoms in total. The van der Waals surface area contributed by atoms with Gasteiger partial charge >= 0.3 is 0 Å². The van der Waals surface area contributed by atoms with Gasteiger partial charge in [-0.05, 0) is 39.2 Å². The first-order chi connectivity index (χ1) is 7.70. The molecule has 0 aliphatic carbocycles. The molecule has 2 aliphatic heterocycles. The van der Waals surface area contributed by atoms with E-state index >= 15 is 0 Å². The predicted molar refractivity (Wildman–Crippen MR) is 69.6 cm³/mol. The fraction of sp³-hybridized carbons (Fsp3) is 0.857. The molecular formula is C14H26N2. The standard InChI is InChI=1S/C14H26N2/c1-4-11(2)10-15-12-8-13-6-5-7-14(9-12)16(13)3/h12-15H,2,4-10H2,1,3H3. The zero-order valence-electron chi connectivity index (χ0n) is 10.8. The second kappa shape index (κ2) is 5.33. The Morgan fingerprint density at radius 1 is 1.31 bits per heavy atom. The number of fused-ring (bicyclic) bond motifs is 2. The zero-order chi connectivity index (χ0) is 11.5. The monoisotopic (exact) mass is 222 g/mol. The first-order valence-electron chi connectivity index (χ1n) is 6.82. The number of hydrogen-bond donors (Lipinski definition) is 1. The van der Waals surface area contributed by atoms with Crippen molar-refractivity contribution in [3.63, 3.8) is 0 Å². The van der Waals surface area contributed by atoms with E-state index in [9.17, 15) is 0 Å². The van der Waals surface area contributed by atoms with Crippen LogP contribution in [0.4, 0.5) is 0 Å². The fourth-order valence-electron chi connectivity index (χ4n) is 3.20. The normalized spacial score (nSPS) is 35.0. The quantitative estimate of drug-likeness (QED) is 0.735. The minimum atomic E-state index is 0.731. The van der Waals surface area contributed by atoms with Crippen molar-refractivity contribution in [2.45, 2.75) is 63.6 Å². The molecule has 2 aliphatic rings. The molecular weight excluding hydrogens is 196 g/mol. The molecule has 0 saturated carbocycles. The van der Waals surface area contributed by atoms with Crippen molar-refractivity contribution in [2.75, 3.05) is 13.6 Å². The van der Waals surface area contributed by atoms with Crippen molar-refractivity contribution in [3.05, 3.63) is 12.2 Å². The Morgan fingerprint density at radius 3 is 2.50 bits per heavy atom. The summed E-state index contributed by atoms with van der Waals surface area (Å²) in [5.74, 6) is 0. The Labute approximate surface area is 100 Å². The summed E-state index contributed by atoms with van der Waals surface area (Å²) >= 11 is 0. The highest BCUT2D eigenvalue weighted by atomic mass is 15.2. The van der Waals surface area contributed by atoms with Gasteiger partial charge in [0.25, 0.3) is 0 Å². The van der Waals surface area contributed by atoms with Crippen LogP contribution in [0.25, 0.3) is 0 Å². The van der Waals surface area contributed by atoms with Crippen LogP contribution in [0.5, 0.6) is 0 Å². The molecule has 2 saturated heterocycles. The summed E-state index contributed by atoms with van der Waals surface area (Å²) < 4.78 is 0. The van der Waals surface area contributed by atoms with Gasteiger partial charge in [-0.25, -0.2) is 0 Å². The molecule has 92 valence electrons. The lowest BCUT2D eigenvalue weighted by Crippen LogP contribution is -2.54. The van der Waals surface area contributed by atoms with E-state index in [1.165, 1.54) is 37.7 Å². The van der Waals surface area contributed by atoms with Crippen molar-refractivity contribution in [2.24, 2.45) is 0 Å². The third-order valence-electron chi connectivity index (χ3n) is 4.48. The van der Waals surface area contributed by atoms with Crippen LogP contribution >= 0.6 is 0 Å². The highest BCUT2D eigenvalue weighted by Gasteiger charge is 2.35. The lowest BCUT2D eigenvalue weighted by Gasteiger charge is -2.47. The third-order valence-corrected chi connectivity index (χ3v) is 4.48. The first kappa shape index (κ1) is 12.1. The third kappa shape index (κ3) is 2.67. The minimum Gasteiger partial charge on any atom is -0.310 e. The van der Waals surface area contributed by atoms with E-state index in [1.54, 1.807) is 0 Å². The second-order valence-electron chi connectivity index (χ2n) is 5.56. The maximum absolute atomic E-state index is 4.07. The Balaban J connectivity index is 1.82. The van der Waals surface area contributed by atoms with E-state index in [0.717, 1.165) is 31.1 Å². The van der Waals surface area contributed by atoms with Gasteiger partial charge in [0.05, 0.1) is 0 Å². The van der Waals surface area contributed by atoms with E-state index in [2.05, 4.69) is 30.8 Å². The smallest absolute Gasteiger partial charge is 0.0164 e. The molecule has 0 amide bonds. The molecule has 2 heteroatoms. The predicted octanol–water partition coefficient (Wildman–Crippen LogP) is 2.56. The van der Waals surface area contributed by atoms with Gasteiger partial charge < -0.3 is 10.2 Å². The van der Waals surface area contributed by atoms with Gasteiger partial charge in [0.1, 0.15) is 0 Å². The van der Waals surface area contributed by atoms with E-state index in [-0.39, 0.29) is 0 Å². The molecule has 2 unspecified atom stereocenters. The topological polar surface area (TPSA) is 15.3 Å². The van der Waals surface area contributed by atoms with Crippen molar-refractivity contribution in [1.29, 1.82) is 0 Å². The van der Waals surface area contributed by atoms with Crippen LogP contribution in [0.3, 0.4) is 0 Å². The summed E-state index contributed by atoms with van der Waals surface area (Å²) in [5, 5.41) is 3.70. The summed E-state index contributed by atoms with van der Waals surface area (Å²) in [6.07, 6.45) is 8.02. The first-order valence-corrected chi connectivity index (χ1v) is 6.82. The molecule has 0 spiro atoms. The number of nitrogens with zero attached hydrogens (tertiary/aromatic N) is 1. The van der Waals surface area contributed by atoms with E-state index in [4.69, 9.17) is 0 Å². The van der Waals surface area contributed by atoms with E-state index in [0.29, 0.717) is 0 Å². The van der Waals surface area contributed by atoms with Crippen LogP contribution < -0.4 is 5.32 Å². The average molecular weight is 222 g/mol. The van der Waals surface area contributed by atoms with Crippen molar-refractivity contribution < 1.29 is 0 Å². The highest BCUT2D eigenvalue weighted by Crippen LogP contribution is 2.32.